The van der Waals surface area contributed by atoms with Gasteiger partial charge in [-0.3, -0.25) is 14.2 Å². The van der Waals surface area contributed by atoms with Crippen molar-refractivity contribution >= 4 is 23.3 Å². The Morgan fingerprint density at radius 2 is 1.74 bits per heavy atom. The summed E-state index contributed by atoms with van der Waals surface area (Å²) < 4.78 is 26.8. The number of carbonyl (C=O) groups excluding carboxylic acids is 1. The third kappa shape index (κ3) is 5.78. The number of para-hydroxylation sites is 1. The second-order valence-electron chi connectivity index (χ2n) is 9.79. The minimum absolute atomic E-state index is 0.150. The Morgan fingerprint density at radius 1 is 1.05 bits per heavy atom. The number of allylic oxidation sites excluding steroid dienone is 1. The molecule has 0 unspecified atom stereocenters. The quantitative estimate of drug-likeness (QED) is 0.282. The number of fused-ring (bicyclic) bond motifs is 1. The summed E-state index contributed by atoms with van der Waals surface area (Å²) in [4.78, 5) is 34.8. The summed E-state index contributed by atoms with van der Waals surface area (Å²) >= 11 is 1.29. The third-order valence-corrected chi connectivity index (χ3v) is 8.22. The predicted octanol–water partition coefficient (Wildman–Crippen LogP) is 4.83. The van der Waals surface area contributed by atoms with Crippen LogP contribution in [-0.2, 0) is 11.4 Å². The van der Waals surface area contributed by atoms with E-state index < -0.39 is 6.04 Å². The van der Waals surface area contributed by atoms with Gasteiger partial charge in [-0.1, -0.05) is 53.8 Å². The Hall–Kier alpha value is -4.50. The topological polar surface area (TPSA) is 73.1 Å². The van der Waals surface area contributed by atoms with E-state index in [1.54, 1.807) is 28.7 Å². The Kier molecular flexibility index (Phi) is 8.68. The van der Waals surface area contributed by atoms with Gasteiger partial charge in [0.1, 0.15) is 30.0 Å². The lowest BCUT2D eigenvalue weighted by Gasteiger charge is -2.29. The number of ether oxygens (including phenoxy) is 2. The average molecular weight is 586 g/mol. The molecule has 4 aromatic rings. The SMILES string of the molecule is CCN(CC)C(=O)C1=C(C)N=c2s/c(=C/c3ccc(OCc4ccc(F)cc4)cc3)c(=O)n2[C@H]1c1ccccc1OC. The van der Waals surface area contributed by atoms with Gasteiger partial charge < -0.3 is 14.4 Å². The summed E-state index contributed by atoms with van der Waals surface area (Å²) in [5.74, 6) is 0.810. The van der Waals surface area contributed by atoms with Crippen LogP contribution in [0, 0.1) is 5.82 Å². The van der Waals surface area contributed by atoms with Crippen molar-refractivity contribution in [3.63, 3.8) is 0 Å². The molecule has 0 bridgehead atoms. The molecule has 0 radical (unpaired) electrons. The molecular formula is C33H32FN3O4S. The van der Waals surface area contributed by atoms with E-state index in [-0.39, 0.29) is 17.3 Å². The molecule has 1 aromatic heterocycles. The van der Waals surface area contributed by atoms with E-state index in [4.69, 9.17) is 14.5 Å². The minimum Gasteiger partial charge on any atom is -0.496 e. The molecule has 2 heterocycles. The molecular weight excluding hydrogens is 553 g/mol. The summed E-state index contributed by atoms with van der Waals surface area (Å²) in [6, 6.07) is 20.4. The van der Waals surface area contributed by atoms with Crippen LogP contribution in [0.25, 0.3) is 6.08 Å². The summed E-state index contributed by atoms with van der Waals surface area (Å²) in [6.07, 6.45) is 1.82. The second-order valence-corrected chi connectivity index (χ2v) is 10.8. The predicted molar refractivity (Wildman–Crippen MR) is 162 cm³/mol. The van der Waals surface area contributed by atoms with Gasteiger partial charge in [0.15, 0.2) is 4.80 Å². The van der Waals surface area contributed by atoms with Crippen molar-refractivity contribution in [2.45, 2.75) is 33.4 Å². The first-order valence-electron chi connectivity index (χ1n) is 13.8. The first kappa shape index (κ1) is 29.0. The van der Waals surface area contributed by atoms with Gasteiger partial charge >= 0.3 is 0 Å². The lowest BCUT2D eigenvalue weighted by atomic mass is 9.94. The molecule has 9 heteroatoms. The third-order valence-electron chi connectivity index (χ3n) is 7.23. The maximum Gasteiger partial charge on any atom is 0.271 e. The van der Waals surface area contributed by atoms with Gasteiger partial charge in [-0.05, 0) is 68.3 Å². The van der Waals surface area contributed by atoms with Gasteiger partial charge in [0.05, 0.1) is 22.9 Å². The van der Waals surface area contributed by atoms with Gasteiger partial charge in [-0.15, -0.1) is 0 Å². The summed E-state index contributed by atoms with van der Waals surface area (Å²) in [7, 11) is 1.58. The van der Waals surface area contributed by atoms with Crippen LogP contribution >= 0.6 is 11.3 Å². The van der Waals surface area contributed by atoms with Crippen LogP contribution in [0.4, 0.5) is 4.39 Å². The monoisotopic (exact) mass is 585 g/mol. The van der Waals surface area contributed by atoms with Crippen molar-refractivity contribution in [1.82, 2.24) is 9.47 Å². The lowest BCUT2D eigenvalue weighted by molar-refractivity contribution is -0.127. The normalized spacial score (nSPS) is 14.8. The van der Waals surface area contributed by atoms with Crippen molar-refractivity contribution in [3.8, 4) is 11.5 Å². The molecule has 216 valence electrons. The van der Waals surface area contributed by atoms with Crippen LogP contribution in [0.5, 0.6) is 11.5 Å². The number of likely N-dealkylation sites (N-methyl/N-ethyl adjacent to an activating group) is 1. The van der Waals surface area contributed by atoms with Crippen LogP contribution in [0.3, 0.4) is 0 Å². The maximum atomic E-state index is 14.0. The number of aromatic nitrogens is 1. The fraction of sp³-hybridized carbons (Fsp3) is 0.242. The van der Waals surface area contributed by atoms with Crippen LogP contribution < -0.4 is 24.4 Å². The highest BCUT2D eigenvalue weighted by atomic mass is 32.1. The van der Waals surface area contributed by atoms with Crippen molar-refractivity contribution < 1.29 is 18.7 Å². The number of hydrogen-bond donors (Lipinski definition) is 0. The highest BCUT2D eigenvalue weighted by Crippen LogP contribution is 2.36. The van der Waals surface area contributed by atoms with E-state index in [0.29, 0.717) is 51.8 Å². The number of carbonyl (C=O) groups is 1. The standard InChI is InChI=1S/C33H32FN3O4S/c1-5-36(6-2)32(39)29-21(3)35-33-37(30(29)26-9-7-8-10-27(26)40-4)31(38)28(42-33)19-22-13-17-25(18-14-22)41-20-23-11-15-24(34)16-12-23/h7-19,30H,5-6,20H2,1-4H3/b28-19+/t30-/m0/s1. The number of benzene rings is 3. The molecule has 0 saturated carbocycles. The van der Waals surface area contributed by atoms with Crippen LogP contribution in [0.1, 0.15) is 43.5 Å². The molecule has 1 aliphatic heterocycles. The molecule has 0 aliphatic carbocycles. The smallest absolute Gasteiger partial charge is 0.271 e. The highest BCUT2D eigenvalue weighted by molar-refractivity contribution is 7.07. The van der Waals surface area contributed by atoms with Gasteiger partial charge in [-0.2, -0.15) is 0 Å². The first-order chi connectivity index (χ1) is 20.3. The molecule has 0 saturated heterocycles. The molecule has 42 heavy (non-hydrogen) atoms. The van der Waals surface area contributed by atoms with Gasteiger partial charge in [0.25, 0.3) is 11.5 Å². The van der Waals surface area contributed by atoms with Crippen molar-refractivity contribution in [2.24, 2.45) is 4.99 Å². The summed E-state index contributed by atoms with van der Waals surface area (Å²) in [6.45, 7) is 7.08. The first-order valence-corrected chi connectivity index (χ1v) is 14.6. The number of nitrogens with zero attached hydrogens (tertiary/aromatic N) is 3. The second kappa shape index (κ2) is 12.6. The molecule has 1 aliphatic rings. The number of amides is 1. The number of halogens is 1. The van der Waals surface area contributed by atoms with Crippen LogP contribution in [0.2, 0.25) is 0 Å². The van der Waals surface area contributed by atoms with E-state index in [2.05, 4.69) is 0 Å². The van der Waals surface area contributed by atoms with Gasteiger partial charge in [-0.25, -0.2) is 9.38 Å². The maximum absolute atomic E-state index is 14.0. The fourth-order valence-corrected chi connectivity index (χ4v) is 6.07. The van der Waals surface area contributed by atoms with Crippen LogP contribution in [-0.4, -0.2) is 35.6 Å². The zero-order chi connectivity index (χ0) is 29.8. The lowest BCUT2D eigenvalue weighted by Crippen LogP contribution is -2.43. The molecule has 0 spiro atoms. The van der Waals surface area contributed by atoms with Crippen molar-refractivity contribution in [1.29, 1.82) is 0 Å². The van der Waals surface area contributed by atoms with E-state index in [0.717, 1.165) is 16.7 Å². The number of methoxy groups -OCH3 is 1. The number of rotatable bonds is 9. The van der Waals surface area contributed by atoms with Crippen LogP contribution in [0.15, 0.2) is 93.9 Å². The number of hydrogen-bond acceptors (Lipinski definition) is 6. The summed E-state index contributed by atoms with van der Waals surface area (Å²) in [5.41, 5.74) is 3.21. The Morgan fingerprint density at radius 3 is 2.40 bits per heavy atom. The molecule has 1 amide bonds. The van der Waals surface area contributed by atoms with Crippen molar-refractivity contribution in [3.05, 3.63) is 126 Å². The molecule has 7 nitrogen and oxygen atoms in total. The van der Waals surface area contributed by atoms with E-state index >= 15 is 0 Å². The zero-order valence-corrected chi connectivity index (χ0v) is 24.8. The average Bonchev–Trinajstić information content (AvgIpc) is 3.31. The van der Waals surface area contributed by atoms with Gasteiger partial charge in [0, 0.05) is 18.7 Å². The summed E-state index contributed by atoms with van der Waals surface area (Å²) in [5, 5.41) is 0. The van der Waals surface area contributed by atoms with Gasteiger partial charge in [0.2, 0.25) is 0 Å². The van der Waals surface area contributed by atoms with E-state index in [1.807, 2.05) is 75.4 Å². The van der Waals surface area contributed by atoms with E-state index in [1.165, 1.54) is 23.5 Å². The molecule has 0 fully saturated rings. The van der Waals surface area contributed by atoms with E-state index in [9.17, 15) is 14.0 Å². The largest absolute Gasteiger partial charge is 0.496 e. The molecule has 0 N–H and O–H groups in total. The molecule has 5 rings (SSSR count). The molecule has 1 atom stereocenters. The molecule has 3 aromatic carbocycles. The fourth-order valence-electron chi connectivity index (χ4n) is 5.02. The Bertz CT molecular complexity index is 1800. The number of thiazole rings is 1. The van der Waals surface area contributed by atoms with Crippen molar-refractivity contribution in [2.75, 3.05) is 20.2 Å². The Balaban J connectivity index is 1.53. The Labute approximate surface area is 247 Å². The minimum atomic E-state index is -0.685. The highest BCUT2D eigenvalue weighted by Gasteiger charge is 2.35. The zero-order valence-electron chi connectivity index (χ0n) is 24.0.